The molecule has 0 bridgehead atoms. The Balaban J connectivity index is 2.49. The zero-order valence-corrected chi connectivity index (χ0v) is 9.22. The maximum atomic E-state index is 10.7. The molecular weight excluding hydrogens is 246 g/mol. The molecule has 1 heterocycles. The first kappa shape index (κ1) is 11.3. The van der Waals surface area contributed by atoms with Gasteiger partial charge in [-0.25, -0.2) is 0 Å². The number of nitro benzene ring substituents is 1. The minimum atomic E-state index is -0.569. The van der Waals surface area contributed by atoms with Crippen molar-refractivity contribution in [2.24, 2.45) is 0 Å². The molecule has 7 heteroatoms. The minimum Gasteiger partial charge on any atom is -0.334 e. The summed E-state index contributed by atoms with van der Waals surface area (Å²) in [6.45, 7) is 3.47. The Morgan fingerprint density at radius 1 is 1.53 bits per heavy atom. The fourth-order valence-corrected chi connectivity index (χ4v) is 1.41. The van der Waals surface area contributed by atoms with Crippen LogP contribution >= 0.6 is 11.6 Å². The fourth-order valence-electron chi connectivity index (χ4n) is 1.23. The number of hydrogen-bond acceptors (Lipinski definition) is 5. The van der Waals surface area contributed by atoms with Crippen molar-refractivity contribution in [3.05, 3.63) is 45.8 Å². The second-order valence-electron chi connectivity index (χ2n) is 3.08. The van der Waals surface area contributed by atoms with E-state index >= 15 is 0 Å². The van der Waals surface area contributed by atoms with Crippen LogP contribution in [0.1, 0.15) is 5.89 Å². The zero-order valence-electron chi connectivity index (χ0n) is 8.46. The van der Waals surface area contributed by atoms with Gasteiger partial charge in [0.2, 0.25) is 11.7 Å². The smallest absolute Gasteiger partial charge is 0.288 e. The van der Waals surface area contributed by atoms with Gasteiger partial charge in [-0.3, -0.25) is 10.1 Å². The number of benzene rings is 1. The molecule has 0 aliphatic rings. The summed E-state index contributed by atoms with van der Waals surface area (Å²) in [6.07, 6.45) is 1.39. The van der Waals surface area contributed by atoms with Gasteiger partial charge < -0.3 is 4.52 Å². The molecule has 0 saturated heterocycles. The van der Waals surface area contributed by atoms with Crippen LogP contribution < -0.4 is 0 Å². The molecule has 86 valence electrons. The van der Waals surface area contributed by atoms with Crippen LogP contribution in [0.2, 0.25) is 5.02 Å². The molecule has 0 aliphatic heterocycles. The Morgan fingerprint density at radius 2 is 2.29 bits per heavy atom. The highest BCUT2D eigenvalue weighted by Gasteiger charge is 2.15. The SMILES string of the molecule is C=Cc1nc(-c2ccc(Cl)c([N+](=O)[O-])c2)no1. The highest BCUT2D eigenvalue weighted by Crippen LogP contribution is 2.28. The molecule has 0 unspecified atom stereocenters. The van der Waals surface area contributed by atoms with Crippen LogP contribution in [0.25, 0.3) is 17.5 Å². The lowest BCUT2D eigenvalue weighted by Crippen LogP contribution is -1.90. The maximum Gasteiger partial charge on any atom is 0.288 e. The van der Waals surface area contributed by atoms with E-state index in [-0.39, 0.29) is 22.4 Å². The van der Waals surface area contributed by atoms with Gasteiger partial charge in [-0.1, -0.05) is 23.3 Å². The number of rotatable bonds is 3. The summed E-state index contributed by atoms with van der Waals surface area (Å²) in [4.78, 5) is 14.1. The van der Waals surface area contributed by atoms with E-state index in [1.54, 1.807) is 6.07 Å². The van der Waals surface area contributed by atoms with Crippen molar-refractivity contribution in [1.29, 1.82) is 0 Å². The molecule has 0 saturated carbocycles. The third-order valence-corrected chi connectivity index (χ3v) is 2.34. The van der Waals surface area contributed by atoms with Crippen molar-refractivity contribution >= 4 is 23.4 Å². The number of nitro groups is 1. The fraction of sp³-hybridized carbons (Fsp3) is 0. The largest absolute Gasteiger partial charge is 0.334 e. The molecule has 0 atom stereocenters. The van der Waals surface area contributed by atoms with E-state index in [4.69, 9.17) is 16.1 Å². The molecule has 17 heavy (non-hydrogen) atoms. The van der Waals surface area contributed by atoms with Crippen molar-refractivity contribution in [2.75, 3.05) is 0 Å². The second-order valence-corrected chi connectivity index (χ2v) is 3.49. The van der Waals surface area contributed by atoms with E-state index in [0.717, 1.165) is 0 Å². The van der Waals surface area contributed by atoms with Crippen LogP contribution in [-0.2, 0) is 0 Å². The third kappa shape index (κ3) is 2.16. The van der Waals surface area contributed by atoms with Gasteiger partial charge >= 0.3 is 0 Å². The molecule has 0 spiro atoms. The van der Waals surface area contributed by atoms with Crippen LogP contribution in [0.15, 0.2) is 29.3 Å². The molecule has 0 amide bonds. The highest BCUT2D eigenvalue weighted by atomic mass is 35.5. The van der Waals surface area contributed by atoms with Gasteiger partial charge in [0, 0.05) is 11.6 Å². The van der Waals surface area contributed by atoms with Gasteiger partial charge in [0.25, 0.3) is 5.69 Å². The second kappa shape index (κ2) is 4.34. The van der Waals surface area contributed by atoms with Gasteiger partial charge in [0.05, 0.1) is 4.92 Å². The van der Waals surface area contributed by atoms with E-state index < -0.39 is 4.92 Å². The summed E-state index contributed by atoms with van der Waals surface area (Å²) < 4.78 is 4.82. The number of halogens is 1. The normalized spacial score (nSPS) is 10.2. The topological polar surface area (TPSA) is 82.1 Å². The first-order chi connectivity index (χ1) is 8.11. The molecule has 0 N–H and O–H groups in total. The van der Waals surface area contributed by atoms with Gasteiger partial charge in [-0.2, -0.15) is 4.98 Å². The van der Waals surface area contributed by atoms with Crippen LogP contribution in [0.4, 0.5) is 5.69 Å². The van der Waals surface area contributed by atoms with Crippen LogP contribution in [-0.4, -0.2) is 15.1 Å². The highest BCUT2D eigenvalue weighted by molar-refractivity contribution is 6.32. The molecule has 0 aliphatic carbocycles. The molecule has 6 nitrogen and oxygen atoms in total. The maximum absolute atomic E-state index is 10.7. The molecular formula is C10H6ClN3O3. The molecule has 0 fully saturated rings. The molecule has 0 radical (unpaired) electrons. The Hall–Kier alpha value is -2.21. The van der Waals surface area contributed by atoms with E-state index in [0.29, 0.717) is 5.56 Å². The summed E-state index contributed by atoms with van der Waals surface area (Å²) in [5.41, 5.74) is 0.257. The van der Waals surface area contributed by atoms with Gasteiger partial charge in [-0.15, -0.1) is 0 Å². The first-order valence-electron chi connectivity index (χ1n) is 4.52. The van der Waals surface area contributed by atoms with Gasteiger partial charge in [0.1, 0.15) is 5.02 Å². The molecule has 1 aromatic heterocycles. The Morgan fingerprint density at radius 3 is 2.88 bits per heavy atom. The predicted octanol–water partition coefficient (Wildman–Crippen LogP) is 2.94. The zero-order chi connectivity index (χ0) is 12.4. The minimum absolute atomic E-state index is 0.0613. The number of hydrogen-bond donors (Lipinski definition) is 0. The lowest BCUT2D eigenvalue weighted by molar-refractivity contribution is -0.384. The quantitative estimate of drug-likeness (QED) is 0.619. The summed E-state index contributed by atoms with van der Waals surface area (Å²) in [5, 5.41) is 14.4. The summed E-state index contributed by atoms with van der Waals surface area (Å²) in [6, 6.07) is 4.28. The van der Waals surface area contributed by atoms with Crippen LogP contribution in [0.5, 0.6) is 0 Å². The van der Waals surface area contributed by atoms with Crippen LogP contribution in [0.3, 0.4) is 0 Å². The van der Waals surface area contributed by atoms with E-state index in [2.05, 4.69) is 16.7 Å². The Bertz CT molecular complexity index is 594. The van der Waals surface area contributed by atoms with E-state index in [1.165, 1.54) is 18.2 Å². The van der Waals surface area contributed by atoms with Gasteiger partial charge in [-0.05, 0) is 18.2 Å². The number of nitrogens with zero attached hydrogens (tertiary/aromatic N) is 3. The summed E-state index contributed by atoms with van der Waals surface area (Å²) in [5.74, 6) is 0.497. The molecule has 1 aromatic carbocycles. The average molecular weight is 252 g/mol. The standard InChI is InChI=1S/C10H6ClN3O3/c1-2-9-12-10(13-17-9)6-3-4-7(11)8(5-6)14(15)16/h2-5H,1H2. The van der Waals surface area contributed by atoms with E-state index in [1.807, 2.05) is 0 Å². The van der Waals surface area contributed by atoms with Crippen molar-refractivity contribution in [3.63, 3.8) is 0 Å². The van der Waals surface area contributed by atoms with Crippen molar-refractivity contribution in [3.8, 4) is 11.4 Å². The van der Waals surface area contributed by atoms with E-state index in [9.17, 15) is 10.1 Å². The predicted molar refractivity (Wildman–Crippen MR) is 61.5 cm³/mol. The lowest BCUT2D eigenvalue weighted by atomic mass is 10.2. The molecule has 2 rings (SSSR count). The van der Waals surface area contributed by atoms with Crippen molar-refractivity contribution < 1.29 is 9.45 Å². The monoisotopic (exact) mass is 251 g/mol. The summed E-state index contributed by atoms with van der Waals surface area (Å²) >= 11 is 5.69. The Labute approximate surface area is 101 Å². The van der Waals surface area contributed by atoms with Crippen molar-refractivity contribution in [1.82, 2.24) is 10.1 Å². The third-order valence-electron chi connectivity index (χ3n) is 2.02. The van der Waals surface area contributed by atoms with Crippen LogP contribution in [0, 0.1) is 10.1 Å². The van der Waals surface area contributed by atoms with Gasteiger partial charge in [0.15, 0.2) is 0 Å². The summed E-state index contributed by atoms with van der Waals surface area (Å²) in [7, 11) is 0. The average Bonchev–Trinajstić information content (AvgIpc) is 2.78. The lowest BCUT2D eigenvalue weighted by Gasteiger charge is -1.97. The first-order valence-corrected chi connectivity index (χ1v) is 4.90. The molecule has 2 aromatic rings. The number of aromatic nitrogens is 2. The van der Waals surface area contributed by atoms with Crippen molar-refractivity contribution in [2.45, 2.75) is 0 Å². The Kier molecular flexibility index (Phi) is 2.88.